The summed E-state index contributed by atoms with van der Waals surface area (Å²) in [6.45, 7) is 19.8. The first-order chi connectivity index (χ1) is 31.8. The molecule has 66 heavy (non-hydrogen) atoms. The summed E-state index contributed by atoms with van der Waals surface area (Å²) >= 11 is 0. The third-order valence-electron chi connectivity index (χ3n) is 14.8. The molecule has 5 fully saturated rings. The summed E-state index contributed by atoms with van der Waals surface area (Å²) in [5.74, 6) is 1.30. The third kappa shape index (κ3) is 9.97. The van der Waals surface area contributed by atoms with Crippen LogP contribution in [-0.4, -0.2) is 132 Å². The van der Waals surface area contributed by atoms with Crippen molar-refractivity contribution < 1.29 is 32.3 Å². The van der Waals surface area contributed by atoms with Crippen LogP contribution in [0.15, 0.2) is 48.7 Å². The number of halogens is 3. The minimum atomic E-state index is -4.61. The Morgan fingerprint density at radius 1 is 0.833 bits per heavy atom. The van der Waals surface area contributed by atoms with Gasteiger partial charge in [0.1, 0.15) is 17.7 Å². The van der Waals surface area contributed by atoms with Crippen LogP contribution in [0.5, 0.6) is 0 Å². The normalized spacial score (nSPS) is 23.2. The van der Waals surface area contributed by atoms with Crippen LogP contribution in [-0.2, 0) is 27.1 Å². The summed E-state index contributed by atoms with van der Waals surface area (Å²) in [6.07, 6.45) is 3.17. The molecule has 8 heterocycles. The van der Waals surface area contributed by atoms with Gasteiger partial charge >= 0.3 is 6.18 Å². The first kappa shape index (κ1) is 45.4. The molecule has 0 bridgehead atoms. The van der Waals surface area contributed by atoms with Crippen LogP contribution in [0.3, 0.4) is 0 Å². The van der Waals surface area contributed by atoms with Crippen LogP contribution >= 0.6 is 0 Å². The summed E-state index contributed by atoms with van der Waals surface area (Å²) in [6, 6.07) is 11.3. The van der Waals surface area contributed by atoms with Crippen molar-refractivity contribution in [2.45, 2.75) is 83.1 Å². The van der Waals surface area contributed by atoms with E-state index in [-0.39, 0.29) is 36.6 Å². The minimum absolute atomic E-state index is 0.138. The van der Waals surface area contributed by atoms with Crippen LogP contribution in [0, 0.1) is 24.3 Å². The molecule has 0 saturated carbocycles. The lowest BCUT2D eigenvalue weighted by molar-refractivity contribution is -0.138. The number of imide groups is 1. The maximum Gasteiger partial charge on any atom is 0.407 e. The molecule has 2 atom stereocenters. The Kier molecular flexibility index (Phi) is 13.2. The van der Waals surface area contributed by atoms with E-state index in [1.807, 2.05) is 35.4 Å². The van der Waals surface area contributed by atoms with E-state index in [1.54, 1.807) is 11.0 Å². The summed E-state index contributed by atoms with van der Waals surface area (Å²) in [4.78, 5) is 76.2. The summed E-state index contributed by atoms with van der Waals surface area (Å²) < 4.78 is 40.5. The number of nitrogens with zero attached hydrogens (tertiary/aromatic N) is 9. The van der Waals surface area contributed by atoms with E-state index in [0.717, 1.165) is 102 Å². The molecule has 15 nitrogen and oxygen atoms in total. The molecule has 3 aromatic rings. The number of nitrogens with one attached hydrogen (secondary N) is 2. The van der Waals surface area contributed by atoms with Gasteiger partial charge in [0.05, 0.1) is 41.8 Å². The average molecular weight is 910 g/mol. The Balaban J connectivity index is 0.666. The number of benzene rings is 1. The number of carbonyl (C=O) groups is 4. The van der Waals surface area contributed by atoms with Gasteiger partial charge in [-0.05, 0) is 100 Å². The number of pyridine rings is 2. The van der Waals surface area contributed by atoms with Crippen molar-refractivity contribution in [3.63, 3.8) is 0 Å². The molecule has 1 unspecified atom stereocenters. The number of piperazine rings is 1. The van der Waals surface area contributed by atoms with Crippen molar-refractivity contribution in [1.29, 1.82) is 0 Å². The lowest BCUT2D eigenvalue weighted by atomic mass is 9.94. The number of hydrogen-bond donors (Lipinski definition) is 2. The second-order valence-corrected chi connectivity index (χ2v) is 19.0. The van der Waals surface area contributed by atoms with Gasteiger partial charge in [-0.25, -0.2) is 14.8 Å². The van der Waals surface area contributed by atoms with Crippen LogP contribution in [0.4, 0.5) is 41.9 Å². The monoisotopic (exact) mass is 909 g/mol. The number of amides is 4. The Labute approximate surface area is 383 Å². The maximum absolute atomic E-state index is 13.5. The quantitative estimate of drug-likeness (QED) is 0.188. The highest BCUT2D eigenvalue weighted by Crippen LogP contribution is 2.40. The molecule has 1 aromatic carbocycles. The first-order valence-corrected chi connectivity index (χ1v) is 23.5. The maximum atomic E-state index is 13.5. The standard InChI is InChI=1S/C48H58F3N11O4/c1-31-27-57(23-24-61(31)29-33-13-19-60(20-14-33)43-9-5-37-40(54-43)30-62(47(37)66)41-7-10-44(63)56-46(41)65)28-32-11-17-59(18-12-32)36-4-8-42(53-26-36)55-45(64)34-15-21-58(22-16-34)35-3-6-39(52-2)38(25-35)48(49,50)51/h3-6,8-9,25-26,31-34,41H,7,10-24,27-30H2,1H3,(H,53,55,64)(H,56,63,65)/t31-,41?/m1/s1. The summed E-state index contributed by atoms with van der Waals surface area (Å²) in [5.41, 5.74) is 1.33. The van der Waals surface area contributed by atoms with Crippen molar-refractivity contribution in [2.24, 2.45) is 17.8 Å². The van der Waals surface area contributed by atoms with Gasteiger partial charge in [0, 0.05) is 96.1 Å². The number of hydrogen-bond acceptors (Lipinski definition) is 11. The van der Waals surface area contributed by atoms with Gasteiger partial charge in [0.2, 0.25) is 17.7 Å². The molecule has 0 aliphatic carbocycles. The molecular weight excluding hydrogens is 852 g/mol. The molecule has 9 rings (SSSR count). The fraction of sp³-hybridized carbons (Fsp3) is 0.562. The van der Waals surface area contributed by atoms with Gasteiger partial charge in [-0.15, -0.1) is 0 Å². The number of carbonyl (C=O) groups excluding carboxylic acids is 4. The number of anilines is 4. The van der Waals surface area contributed by atoms with Crippen LogP contribution in [0.2, 0.25) is 0 Å². The third-order valence-corrected chi connectivity index (χ3v) is 14.8. The molecular formula is C48H58F3N11O4. The van der Waals surface area contributed by atoms with E-state index in [9.17, 15) is 32.3 Å². The Morgan fingerprint density at radius 3 is 2.18 bits per heavy atom. The van der Waals surface area contributed by atoms with Crippen molar-refractivity contribution in [1.82, 2.24) is 30.0 Å². The van der Waals surface area contributed by atoms with Gasteiger partial charge in [-0.3, -0.25) is 29.4 Å². The predicted molar refractivity (Wildman–Crippen MR) is 243 cm³/mol. The van der Waals surface area contributed by atoms with Gasteiger partial charge in [-0.1, -0.05) is 6.07 Å². The predicted octanol–water partition coefficient (Wildman–Crippen LogP) is 5.80. The van der Waals surface area contributed by atoms with Crippen LogP contribution in [0.25, 0.3) is 4.85 Å². The zero-order valence-corrected chi connectivity index (χ0v) is 37.4. The average Bonchev–Trinajstić information content (AvgIpc) is 3.64. The highest BCUT2D eigenvalue weighted by Gasteiger charge is 2.41. The molecule has 5 saturated heterocycles. The summed E-state index contributed by atoms with van der Waals surface area (Å²) in [5, 5.41) is 5.30. The van der Waals surface area contributed by atoms with E-state index < -0.39 is 29.4 Å². The fourth-order valence-corrected chi connectivity index (χ4v) is 10.8. The topological polar surface area (TPSA) is 142 Å². The summed E-state index contributed by atoms with van der Waals surface area (Å²) in [7, 11) is 0. The van der Waals surface area contributed by atoms with Crippen molar-refractivity contribution >= 4 is 52.3 Å². The molecule has 4 amide bonds. The first-order valence-electron chi connectivity index (χ1n) is 23.5. The van der Waals surface area contributed by atoms with Crippen LogP contribution < -0.4 is 25.3 Å². The second-order valence-electron chi connectivity index (χ2n) is 19.0. The van der Waals surface area contributed by atoms with E-state index in [1.165, 1.54) is 6.07 Å². The molecule has 6 aliphatic heterocycles. The zero-order chi connectivity index (χ0) is 46.1. The van der Waals surface area contributed by atoms with Crippen LogP contribution in [0.1, 0.15) is 79.9 Å². The van der Waals surface area contributed by atoms with Crippen molar-refractivity contribution in [3.8, 4) is 0 Å². The molecule has 18 heteroatoms. The SMILES string of the molecule is [C-]#[N+]c1ccc(N2CCC(C(=O)Nc3ccc(N4CCC(CN5CCN(CC6CCN(c7ccc8c(n7)CN(C7CCC(=O)NC7=O)C8=O)CC6)[C@H](C)C5)CC4)cn3)CC2)cc1C(F)(F)F. The number of aromatic nitrogens is 2. The zero-order valence-electron chi connectivity index (χ0n) is 37.4. The molecule has 2 aromatic heterocycles. The Hall–Kier alpha value is -5.80. The number of rotatable bonds is 10. The lowest BCUT2D eigenvalue weighted by Crippen LogP contribution is -2.54. The highest BCUT2D eigenvalue weighted by atomic mass is 19.4. The molecule has 350 valence electrons. The van der Waals surface area contributed by atoms with E-state index in [4.69, 9.17) is 11.6 Å². The number of piperidine rings is 4. The number of alkyl halides is 3. The molecule has 6 aliphatic rings. The van der Waals surface area contributed by atoms with Gasteiger partial charge < -0.3 is 29.8 Å². The van der Waals surface area contributed by atoms with Gasteiger partial charge in [0.15, 0.2) is 5.69 Å². The largest absolute Gasteiger partial charge is 0.407 e. The highest BCUT2D eigenvalue weighted by molar-refractivity contribution is 6.05. The second kappa shape index (κ2) is 19.2. The number of fused-ring (bicyclic) bond motifs is 1. The van der Waals surface area contributed by atoms with Gasteiger partial charge in [-0.2, -0.15) is 13.2 Å². The minimum Gasteiger partial charge on any atom is -0.372 e. The van der Waals surface area contributed by atoms with Crippen molar-refractivity contribution in [3.05, 3.63) is 76.9 Å². The molecule has 2 N–H and O–H groups in total. The molecule has 0 radical (unpaired) electrons. The Morgan fingerprint density at radius 2 is 1.52 bits per heavy atom. The fourth-order valence-electron chi connectivity index (χ4n) is 10.8. The van der Waals surface area contributed by atoms with E-state index in [2.05, 4.69) is 47.0 Å². The van der Waals surface area contributed by atoms with E-state index >= 15 is 0 Å². The lowest BCUT2D eigenvalue weighted by Gasteiger charge is -2.44. The van der Waals surface area contributed by atoms with E-state index in [0.29, 0.717) is 73.0 Å². The molecule has 0 spiro atoms. The van der Waals surface area contributed by atoms with Gasteiger partial charge in [0.25, 0.3) is 5.91 Å². The van der Waals surface area contributed by atoms with Crippen molar-refractivity contribution in [2.75, 3.05) is 92.0 Å². The Bertz CT molecular complexity index is 2330. The smallest absolute Gasteiger partial charge is 0.372 e.